The lowest BCUT2D eigenvalue weighted by Gasteiger charge is -2.44. The number of rotatable bonds is 5. The lowest BCUT2D eigenvalue weighted by molar-refractivity contribution is 0.406. The van der Waals surface area contributed by atoms with E-state index in [1.807, 2.05) is 0 Å². The lowest BCUT2D eigenvalue weighted by Crippen LogP contribution is -2.60. The molecule has 3 unspecified atom stereocenters. The maximum atomic E-state index is 4.34. The molecule has 0 aliphatic heterocycles. The molecule has 1 fully saturated rings. The van der Waals surface area contributed by atoms with E-state index < -0.39 is 8.24 Å². The fourth-order valence-electron chi connectivity index (χ4n) is 5.97. The van der Waals surface area contributed by atoms with Crippen LogP contribution in [0, 0.1) is 5.92 Å². The molecule has 3 atom stereocenters. The zero-order chi connectivity index (χ0) is 19.7. The molecular formula is C26H37NSi. The number of fused-ring (bicyclic) bond motifs is 1. The zero-order valence-corrected chi connectivity index (χ0v) is 19.2. The number of nitrogens with one attached hydrogen (secondary N) is 1. The molecule has 0 heterocycles. The van der Waals surface area contributed by atoms with Crippen molar-refractivity contribution in [2.75, 3.05) is 0 Å². The van der Waals surface area contributed by atoms with Gasteiger partial charge in [-0.25, -0.2) is 0 Å². The van der Waals surface area contributed by atoms with E-state index in [1.165, 1.54) is 49.7 Å². The second-order valence-electron chi connectivity index (χ2n) is 9.82. The van der Waals surface area contributed by atoms with Crippen LogP contribution in [0.5, 0.6) is 0 Å². The summed E-state index contributed by atoms with van der Waals surface area (Å²) in [6.07, 6.45) is 8.25. The molecule has 1 nitrogen and oxygen atoms in total. The summed E-state index contributed by atoms with van der Waals surface area (Å²) in [5, 5.41) is 0. The first-order chi connectivity index (χ1) is 13.5. The van der Waals surface area contributed by atoms with E-state index in [0.717, 1.165) is 17.5 Å². The summed E-state index contributed by atoms with van der Waals surface area (Å²) in [5.74, 6) is 0.731. The van der Waals surface area contributed by atoms with Crippen molar-refractivity contribution in [2.24, 2.45) is 5.92 Å². The Labute approximate surface area is 173 Å². The van der Waals surface area contributed by atoms with Crippen molar-refractivity contribution in [1.29, 1.82) is 0 Å². The highest BCUT2D eigenvalue weighted by Gasteiger charge is 2.48. The molecule has 0 radical (unpaired) electrons. The van der Waals surface area contributed by atoms with Crippen molar-refractivity contribution in [3.05, 3.63) is 59.7 Å². The van der Waals surface area contributed by atoms with E-state index in [-0.39, 0.29) is 0 Å². The van der Waals surface area contributed by atoms with Gasteiger partial charge in [0.1, 0.15) is 8.24 Å². The van der Waals surface area contributed by atoms with Crippen molar-refractivity contribution < 1.29 is 0 Å². The van der Waals surface area contributed by atoms with Crippen LogP contribution < -0.4 is 4.98 Å². The van der Waals surface area contributed by atoms with Gasteiger partial charge in [-0.2, -0.15) is 0 Å². The van der Waals surface area contributed by atoms with E-state index in [9.17, 15) is 0 Å². The van der Waals surface area contributed by atoms with Crippen molar-refractivity contribution >= 4 is 8.24 Å². The predicted molar refractivity (Wildman–Crippen MR) is 124 cm³/mol. The Morgan fingerprint density at radius 1 is 0.929 bits per heavy atom. The van der Waals surface area contributed by atoms with Gasteiger partial charge in [0.15, 0.2) is 0 Å². The van der Waals surface area contributed by atoms with Crippen LogP contribution in [-0.2, 0) is 6.42 Å². The van der Waals surface area contributed by atoms with Crippen LogP contribution >= 0.6 is 0 Å². The summed E-state index contributed by atoms with van der Waals surface area (Å²) in [6.45, 7) is 10.1. The van der Waals surface area contributed by atoms with Crippen molar-refractivity contribution in [2.45, 2.75) is 83.0 Å². The Morgan fingerprint density at radius 3 is 2.32 bits per heavy atom. The fourth-order valence-corrected chi connectivity index (χ4v) is 10.6. The smallest absolute Gasteiger partial charge is 0.133 e. The predicted octanol–water partition coefficient (Wildman–Crippen LogP) is 7.08. The molecule has 2 aliphatic rings. The molecule has 2 aromatic rings. The molecule has 0 bridgehead atoms. The summed E-state index contributed by atoms with van der Waals surface area (Å²) in [7, 11) is -1.67. The van der Waals surface area contributed by atoms with Gasteiger partial charge < -0.3 is 4.98 Å². The summed E-state index contributed by atoms with van der Waals surface area (Å²) in [4.78, 5) is 4.34. The standard InChI is InChI=1S/C26H37NSi/c1-19(2)28(4,27-22-14-9-6-10-15-22)26-20(3)18-25-23(16-11-17-24(25)26)21-12-7-5-8-13-21/h5,7-8,11-13,16-17,19-20,22,26-27H,6,9-10,14-15,18H2,1-4H3. The first-order valence-corrected chi connectivity index (χ1v) is 14.1. The number of benzene rings is 2. The topological polar surface area (TPSA) is 12.0 Å². The second-order valence-corrected chi connectivity index (χ2v) is 14.4. The quantitative estimate of drug-likeness (QED) is 0.537. The summed E-state index contributed by atoms with van der Waals surface area (Å²) in [5.41, 5.74) is 7.57. The molecule has 0 amide bonds. The highest BCUT2D eigenvalue weighted by molar-refractivity contribution is 6.79. The Bertz CT molecular complexity index is 793. The van der Waals surface area contributed by atoms with Gasteiger partial charge >= 0.3 is 0 Å². The normalized spacial score (nSPS) is 24.9. The highest BCUT2D eigenvalue weighted by atomic mass is 28.3. The van der Waals surface area contributed by atoms with E-state index in [0.29, 0.717) is 5.54 Å². The molecule has 150 valence electrons. The minimum absolute atomic E-state index is 0.716. The zero-order valence-electron chi connectivity index (χ0n) is 18.2. The number of hydrogen-bond acceptors (Lipinski definition) is 1. The van der Waals surface area contributed by atoms with Crippen molar-refractivity contribution in [3.8, 4) is 11.1 Å². The minimum Gasteiger partial charge on any atom is -0.334 e. The molecule has 0 spiro atoms. The van der Waals surface area contributed by atoms with Gasteiger partial charge in [-0.1, -0.05) is 95.1 Å². The monoisotopic (exact) mass is 391 g/mol. The van der Waals surface area contributed by atoms with Gasteiger partial charge in [0.05, 0.1) is 0 Å². The number of hydrogen-bond donors (Lipinski definition) is 1. The molecule has 4 rings (SSSR count). The average Bonchev–Trinajstić information content (AvgIpc) is 3.05. The molecule has 2 aromatic carbocycles. The van der Waals surface area contributed by atoms with Gasteiger partial charge in [0, 0.05) is 6.04 Å². The molecule has 0 aromatic heterocycles. The molecular weight excluding hydrogens is 354 g/mol. The first-order valence-electron chi connectivity index (χ1n) is 11.5. The highest BCUT2D eigenvalue weighted by Crippen LogP contribution is 2.49. The molecule has 1 saturated carbocycles. The maximum Gasteiger partial charge on any atom is 0.133 e. The molecule has 1 N–H and O–H groups in total. The van der Waals surface area contributed by atoms with Crippen LogP contribution in [0.1, 0.15) is 69.5 Å². The van der Waals surface area contributed by atoms with Crippen LogP contribution in [0.25, 0.3) is 11.1 Å². The first kappa shape index (κ1) is 19.9. The van der Waals surface area contributed by atoms with E-state index in [1.54, 1.807) is 11.1 Å². The summed E-state index contributed by atoms with van der Waals surface area (Å²) < 4.78 is 0. The lowest BCUT2D eigenvalue weighted by atomic mass is 9.96. The van der Waals surface area contributed by atoms with Crippen LogP contribution in [0.4, 0.5) is 0 Å². The van der Waals surface area contributed by atoms with Gasteiger partial charge in [-0.05, 0) is 58.5 Å². The van der Waals surface area contributed by atoms with Crippen LogP contribution in [-0.4, -0.2) is 14.3 Å². The van der Waals surface area contributed by atoms with Crippen molar-refractivity contribution in [1.82, 2.24) is 4.98 Å². The Balaban J connectivity index is 1.72. The molecule has 2 heteroatoms. The van der Waals surface area contributed by atoms with E-state index in [4.69, 9.17) is 0 Å². The average molecular weight is 392 g/mol. The fraction of sp³-hybridized carbons (Fsp3) is 0.538. The Hall–Kier alpha value is -1.38. The minimum atomic E-state index is -1.67. The van der Waals surface area contributed by atoms with Gasteiger partial charge in [0.2, 0.25) is 0 Å². The van der Waals surface area contributed by atoms with Gasteiger partial charge in [-0.3, -0.25) is 0 Å². The molecule has 0 saturated heterocycles. The molecule has 28 heavy (non-hydrogen) atoms. The van der Waals surface area contributed by atoms with E-state index >= 15 is 0 Å². The molecule has 2 aliphatic carbocycles. The SMILES string of the molecule is CC1Cc2c(-c3ccccc3)cccc2C1[Si](C)(NC1CCCCC1)C(C)C. The third-order valence-electron chi connectivity index (χ3n) is 7.69. The summed E-state index contributed by atoms with van der Waals surface area (Å²) >= 11 is 0. The van der Waals surface area contributed by atoms with E-state index in [2.05, 4.69) is 80.8 Å². The van der Waals surface area contributed by atoms with Crippen LogP contribution in [0.3, 0.4) is 0 Å². The Morgan fingerprint density at radius 2 is 1.64 bits per heavy atom. The van der Waals surface area contributed by atoms with Gasteiger partial charge in [0.25, 0.3) is 0 Å². The second kappa shape index (κ2) is 8.16. The van der Waals surface area contributed by atoms with Crippen LogP contribution in [0.2, 0.25) is 12.1 Å². The largest absolute Gasteiger partial charge is 0.334 e. The Kier molecular flexibility index (Phi) is 5.80. The van der Waals surface area contributed by atoms with Gasteiger partial charge in [-0.15, -0.1) is 0 Å². The third-order valence-corrected chi connectivity index (χ3v) is 13.3. The maximum absolute atomic E-state index is 4.34. The third kappa shape index (κ3) is 3.62. The van der Waals surface area contributed by atoms with Crippen molar-refractivity contribution in [3.63, 3.8) is 0 Å². The van der Waals surface area contributed by atoms with Crippen LogP contribution in [0.15, 0.2) is 48.5 Å². The summed E-state index contributed by atoms with van der Waals surface area (Å²) in [6, 6.07) is 18.8.